The number of halogens is 3. The fourth-order valence-electron chi connectivity index (χ4n) is 2.53. The Hall–Kier alpha value is -2.89. The molecule has 12 heteroatoms. The van der Waals surface area contributed by atoms with E-state index in [0.717, 1.165) is 23.4 Å². The minimum absolute atomic E-state index is 0.0710. The van der Waals surface area contributed by atoms with E-state index in [0.29, 0.717) is 18.8 Å². The van der Waals surface area contributed by atoms with Crippen LogP contribution in [0.5, 0.6) is 0 Å². The summed E-state index contributed by atoms with van der Waals surface area (Å²) >= 11 is 0. The van der Waals surface area contributed by atoms with Crippen molar-refractivity contribution in [1.82, 2.24) is 14.5 Å². The van der Waals surface area contributed by atoms with E-state index in [-0.39, 0.29) is 10.6 Å². The van der Waals surface area contributed by atoms with Crippen LogP contribution >= 0.6 is 0 Å². The number of aromatic nitrogens is 2. The number of aliphatic imine (C=N–C) groups is 1. The number of nitrogens with zero attached hydrogens (tertiary/aromatic N) is 3. The zero-order valence-corrected chi connectivity index (χ0v) is 15.2. The summed E-state index contributed by atoms with van der Waals surface area (Å²) < 4.78 is 65.6. The first kappa shape index (κ1) is 19.9. The van der Waals surface area contributed by atoms with Crippen LogP contribution in [0.25, 0.3) is 0 Å². The van der Waals surface area contributed by atoms with E-state index < -0.39 is 34.3 Å². The molecule has 3 rings (SSSR count). The molecule has 150 valence electrons. The number of hydrogen-bond donors (Lipinski definition) is 2. The first-order chi connectivity index (χ1) is 13.1. The number of sulfonamides is 1. The number of amides is 1. The van der Waals surface area contributed by atoms with E-state index in [4.69, 9.17) is 0 Å². The van der Waals surface area contributed by atoms with Crippen molar-refractivity contribution >= 4 is 27.5 Å². The molecular weight excluding hydrogens is 399 g/mol. The average molecular weight is 415 g/mol. The van der Waals surface area contributed by atoms with Crippen LogP contribution in [0.1, 0.15) is 18.5 Å². The summed E-state index contributed by atoms with van der Waals surface area (Å²) in [6.07, 6.45) is -2.24. The molecule has 1 aromatic heterocycles. The number of rotatable bonds is 5. The lowest BCUT2D eigenvalue weighted by atomic mass is 10.3. The fourth-order valence-corrected chi connectivity index (χ4v) is 3.66. The summed E-state index contributed by atoms with van der Waals surface area (Å²) in [6, 6.07) is 6.28. The molecule has 0 saturated carbocycles. The summed E-state index contributed by atoms with van der Waals surface area (Å²) in [5.74, 6) is -0.270. The number of nitrogens with one attached hydrogen (secondary N) is 2. The van der Waals surface area contributed by atoms with E-state index in [2.05, 4.69) is 20.1 Å². The molecule has 0 bridgehead atoms. The van der Waals surface area contributed by atoms with Crippen LogP contribution in [0, 0.1) is 0 Å². The Morgan fingerprint density at radius 2 is 2.04 bits per heavy atom. The maximum absolute atomic E-state index is 12.5. The van der Waals surface area contributed by atoms with Crippen LogP contribution in [0.3, 0.4) is 0 Å². The van der Waals surface area contributed by atoms with Gasteiger partial charge in [-0.05, 0) is 30.7 Å². The lowest BCUT2D eigenvalue weighted by Gasteiger charge is -2.10. The molecule has 0 unspecified atom stereocenters. The van der Waals surface area contributed by atoms with Crippen LogP contribution in [0.2, 0.25) is 0 Å². The second kappa shape index (κ2) is 7.62. The van der Waals surface area contributed by atoms with Crippen molar-refractivity contribution in [3.8, 4) is 0 Å². The van der Waals surface area contributed by atoms with Crippen LogP contribution in [0.15, 0.2) is 46.4 Å². The summed E-state index contributed by atoms with van der Waals surface area (Å²) in [7, 11) is -3.85. The average Bonchev–Trinajstić information content (AvgIpc) is 3.26. The van der Waals surface area contributed by atoms with Crippen molar-refractivity contribution in [2.75, 3.05) is 11.9 Å². The summed E-state index contributed by atoms with van der Waals surface area (Å²) in [5, 5.41) is 5.73. The minimum Gasteiger partial charge on any atom is -0.324 e. The van der Waals surface area contributed by atoms with Gasteiger partial charge in [0.2, 0.25) is 5.91 Å². The molecule has 2 heterocycles. The van der Waals surface area contributed by atoms with Crippen molar-refractivity contribution in [2.45, 2.75) is 30.5 Å². The first-order valence-electron chi connectivity index (χ1n) is 8.20. The van der Waals surface area contributed by atoms with E-state index >= 15 is 0 Å². The van der Waals surface area contributed by atoms with Gasteiger partial charge in [-0.2, -0.15) is 18.3 Å². The van der Waals surface area contributed by atoms with Gasteiger partial charge in [-0.25, -0.2) is 8.42 Å². The van der Waals surface area contributed by atoms with Crippen molar-refractivity contribution in [3.05, 3.63) is 42.2 Å². The van der Waals surface area contributed by atoms with Gasteiger partial charge in [0.25, 0.3) is 10.0 Å². The minimum atomic E-state index is -4.60. The molecule has 2 aromatic rings. The molecule has 0 aliphatic carbocycles. The molecule has 0 spiro atoms. The Kier molecular flexibility index (Phi) is 5.40. The highest BCUT2D eigenvalue weighted by Crippen LogP contribution is 2.27. The molecule has 0 atom stereocenters. The largest absolute Gasteiger partial charge is 0.435 e. The van der Waals surface area contributed by atoms with E-state index in [1.807, 2.05) is 0 Å². The molecule has 0 radical (unpaired) electrons. The van der Waals surface area contributed by atoms with Crippen LogP contribution < -0.4 is 10.0 Å². The van der Waals surface area contributed by atoms with Gasteiger partial charge >= 0.3 is 6.18 Å². The molecule has 0 saturated heterocycles. The third-order valence-electron chi connectivity index (χ3n) is 3.79. The molecule has 0 fully saturated rings. The van der Waals surface area contributed by atoms with Crippen molar-refractivity contribution < 1.29 is 26.4 Å². The quantitative estimate of drug-likeness (QED) is 0.779. The highest BCUT2D eigenvalue weighted by atomic mass is 32.2. The van der Waals surface area contributed by atoms with Gasteiger partial charge in [0, 0.05) is 24.8 Å². The third-order valence-corrected chi connectivity index (χ3v) is 5.17. The van der Waals surface area contributed by atoms with Crippen molar-refractivity contribution in [2.24, 2.45) is 4.99 Å². The zero-order valence-electron chi connectivity index (χ0n) is 14.4. The zero-order chi connectivity index (χ0) is 20.4. The van der Waals surface area contributed by atoms with Gasteiger partial charge in [0.05, 0.1) is 4.90 Å². The van der Waals surface area contributed by atoms with E-state index in [1.165, 1.54) is 24.3 Å². The number of hydrogen-bond acceptors (Lipinski definition) is 5. The van der Waals surface area contributed by atoms with E-state index in [9.17, 15) is 26.4 Å². The predicted octanol–water partition coefficient (Wildman–Crippen LogP) is 2.01. The number of carbonyl (C=O) groups is 1. The predicted molar refractivity (Wildman–Crippen MR) is 94.2 cm³/mol. The highest BCUT2D eigenvalue weighted by Gasteiger charge is 2.33. The van der Waals surface area contributed by atoms with Crippen LogP contribution in [0.4, 0.5) is 18.9 Å². The number of anilines is 1. The molecule has 1 aromatic carbocycles. The second-order valence-corrected chi connectivity index (χ2v) is 7.69. The molecule has 8 nitrogen and oxygen atoms in total. The molecule has 1 aliphatic rings. The normalized spacial score (nSPS) is 14.6. The maximum Gasteiger partial charge on any atom is 0.435 e. The van der Waals surface area contributed by atoms with Crippen molar-refractivity contribution in [1.29, 1.82) is 0 Å². The van der Waals surface area contributed by atoms with Crippen LogP contribution in [-0.2, 0) is 27.5 Å². The molecule has 28 heavy (non-hydrogen) atoms. The second-order valence-electron chi connectivity index (χ2n) is 6.01. The molecular formula is C16H16F3N5O3S. The molecule has 1 amide bonds. The fraction of sp³-hybridized carbons (Fsp3) is 0.312. The topological polar surface area (TPSA) is 105 Å². The van der Waals surface area contributed by atoms with Gasteiger partial charge < -0.3 is 5.32 Å². The monoisotopic (exact) mass is 415 g/mol. The lowest BCUT2D eigenvalue weighted by Crippen LogP contribution is -2.29. The van der Waals surface area contributed by atoms with Gasteiger partial charge in [-0.1, -0.05) is 6.07 Å². The maximum atomic E-state index is 12.5. The summed E-state index contributed by atoms with van der Waals surface area (Å²) in [6.45, 7) is 0.111. The Labute approximate surface area is 158 Å². The summed E-state index contributed by atoms with van der Waals surface area (Å²) in [5.41, 5.74) is -0.918. The van der Waals surface area contributed by atoms with Crippen molar-refractivity contribution in [3.63, 3.8) is 0 Å². The molecule has 2 N–H and O–H groups in total. The van der Waals surface area contributed by atoms with Gasteiger partial charge in [0.15, 0.2) is 5.69 Å². The van der Waals surface area contributed by atoms with E-state index in [1.54, 1.807) is 0 Å². The number of alkyl halides is 3. The Morgan fingerprint density at radius 1 is 1.25 bits per heavy atom. The lowest BCUT2D eigenvalue weighted by molar-refractivity contribution is -0.141. The Morgan fingerprint density at radius 3 is 2.68 bits per heavy atom. The smallest absolute Gasteiger partial charge is 0.324 e. The Balaban J connectivity index is 1.67. The highest BCUT2D eigenvalue weighted by molar-refractivity contribution is 7.90. The third kappa shape index (κ3) is 4.88. The number of carbonyl (C=O) groups excluding carboxylic acids is 1. The summed E-state index contributed by atoms with van der Waals surface area (Å²) in [4.78, 5) is 16.0. The number of amidine groups is 1. The number of benzene rings is 1. The van der Waals surface area contributed by atoms with Gasteiger partial charge in [-0.3, -0.25) is 19.2 Å². The standard InChI is InChI=1S/C16H16F3N5O3S/c17-16(18,19)13-6-8-24(22-13)10-15(25)21-11-3-1-4-12(9-11)28(26,27)23-14-5-2-7-20-14/h1,3-4,6,8-9H,2,5,7,10H2,(H,20,23)(H,21,25). The molecule has 1 aliphatic heterocycles. The van der Waals surface area contributed by atoms with Gasteiger partial charge in [-0.15, -0.1) is 0 Å². The Bertz CT molecular complexity index is 1010. The first-order valence-corrected chi connectivity index (χ1v) is 9.68. The SMILES string of the molecule is O=C(Cn1ccc(C(F)(F)F)n1)Nc1cccc(S(=O)(=O)NC2=NCCC2)c1. The van der Waals surface area contributed by atoms with Gasteiger partial charge in [0.1, 0.15) is 12.4 Å². The van der Waals surface area contributed by atoms with Crippen LogP contribution in [-0.4, -0.2) is 36.5 Å².